The molecule has 0 fully saturated rings. The number of benzene rings is 2. The molecule has 6 nitrogen and oxygen atoms in total. The van der Waals surface area contributed by atoms with Crippen LogP contribution in [0.15, 0.2) is 47.6 Å². The van der Waals surface area contributed by atoms with E-state index in [-0.39, 0.29) is 22.7 Å². The molecule has 22 heavy (non-hydrogen) atoms. The number of anilines is 1. The van der Waals surface area contributed by atoms with E-state index in [4.69, 9.17) is 0 Å². The van der Waals surface area contributed by atoms with Gasteiger partial charge in [-0.1, -0.05) is 19.1 Å². The summed E-state index contributed by atoms with van der Waals surface area (Å²) in [6.07, 6.45) is 0.407. The predicted molar refractivity (Wildman–Crippen MR) is 81.6 cm³/mol. The Hall–Kier alpha value is -2.96. The number of para-hydroxylation sites is 2. The molecule has 0 unspecified atom stereocenters. The quantitative estimate of drug-likeness (QED) is 0.501. The van der Waals surface area contributed by atoms with Crippen molar-refractivity contribution in [1.82, 2.24) is 0 Å². The Bertz CT molecular complexity index is 732. The molecule has 2 rings (SSSR count). The van der Waals surface area contributed by atoms with E-state index in [0.29, 0.717) is 12.1 Å². The van der Waals surface area contributed by atoms with Gasteiger partial charge in [0.1, 0.15) is 17.3 Å². The van der Waals surface area contributed by atoms with E-state index in [1.807, 2.05) is 0 Å². The summed E-state index contributed by atoms with van der Waals surface area (Å²) >= 11 is 0. The van der Waals surface area contributed by atoms with Crippen LogP contribution in [0.4, 0.5) is 15.8 Å². The van der Waals surface area contributed by atoms with Crippen molar-refractivity contribution in [1.29, 1.82) is 0 Å². The van der Waals surface area contributed by atoms with Crippen LogP contribution < -0.4 is 5.43 Å². The molecule has 0 saturated heterocycles. The molecule has 0 spiro atoms. The molecule has 0 aliphatic heterocycles. The first kappa shape index (κ1) is 15.4. The predicted octanol–water partition coefficient (Wildman–Crippen LogP) is 3.67. The molecule has 2 aromatic rings. The van der Waals surface area contributed by atoms with E-state index in [9.17, 15) is 19.6 Å². The Morgan fingerprint density at radius 3 is 2.77 bits per heavy atom. The zero-order valence-corrected chi connectivity index (χ0v) is 11.8. The fraction of sp³-hybridized carbons (Fsp3) is 0.133. The summed E-state index contributed by atoms with van der Waals surface area (Å²) in [4.78, 5) is 10.4. The van der Waals surface area contributed by atoms with E-state index in [1.165, 1.54) is 24.3 Å². The number of rotatable bonds is 5. The number of hydrazone groups is 1. The Kier molecular flexibility index (Phi) is 4.67. The summed E-state index contributed by atoms with van der Waals surface area (Å²) in [5, 5.41) is 24.8. The van der Waals surface area contributed by atoms with Crippen molar-refractivity contribution in [3.63, 3.8) is 0 Å². The minimum Gasteiger partial charge on any atom is -0.507 e. The Balaban J connectivity index is 2.35. The third-order valence-electron chi connectivity index (χ3n) is 3.02. The van der Waals surface area contributed by atoms with Gasteiger partial charge in [0, 0.05) is 11.6 Å². The van der Waals surface area contributed by atoms with Gasteiger partial charge in [-0.3, -0.25) is 15.5 Å². The van der Waals surface area contributed by atoms with Crippen LogP contribution in [-0.4, -0.2) is 15.7 Å². The number of phenols is 1. The smallest absolute Gasteiger partial charge is 0.294 e. The lowest BCUT2D eigenvalue weighted by molar-refractivity contribution is -0.384. The average molecular weight is 303 g/mol. The Labute approximate surface area is 126 Å². The van der Waals surface area contributed by atoms with Crippen LogP contribution in [0.2, 0.25) is 0 Å². The van der Waals surface area contributed by atoms with E-state index in [1.54, 1.807) is 19.1 Å². The highest BCUT2D eigenvalue weighted by molar-refractivity contribution is 6.03. The molecule has 0 radical (unpaired) electrons. The first-order valence-corrected chi connectivity index (χ1v) is 6.57. The molecular weight excluding hydrogens is 289 g/mol. The van der Waals surface area contributed by atoms with Gasteiger partial charge >= 0.3 is 0 Å². The molecule has 2 aromatic carbocycles. The number of phenolic OH excluding ortho intramolecular Hbond substituents is 1. The number of halogens is 1. The van der Waals surface area contributed by atoms with Crippen molar-refractivity contribution in [2.75, 3.05) is 5.43 Å². The van der Waals surface area contributed by atoms with Crippen molar-refractivity contribution >= 4 is 17.1 Å². The van der Waals surface area contributed by atoms with Gasteiger partial charge in [-0.15, -0.1) is 0 Å². The molecule has 0 aliphatic rings. The Morgan fingerprint density at radius 2 is 2.09 bits per heavy atom. The molecular formula is C15H14FN3O3. The molecule has 0 aromatic heterocycles. The van der Waals surface area contributed by atoms with Gasteiger partial charge in [0.25, 0.3) is 5.69 Å². The number of hydrogen-bond donors (Lipinski definition) is 2. The monoisotopic (exact) mass is 303 g/mol. The number of hydrogen-bond acceptors (Lipinski definition) is 5. The van der Waals surface area contributed by atoms with Crippen LogP contribution in [0.3, 0.4) is 0 Å². The second-order valence-electron chi connectivity index (χ2n) is 4.46. The minimum absolute atomic E-state index is 0.105. The number of nitrogens with one attached hydrogen (secondary N) is 1. The normalized spacial score (nSPS) is 11.3. The molecule has 0 heterocycles. The summed E-state index contributed by atoms with van der Waals surface area (Å²) in [5.74, 6) is -0.606. The van der Waals surface area contributed by atoms with Gasteiger partial charge in [0.05, 0.1) is 10.6 Å². The van der Waals surface area contributed by atoms with Crippen molar-refractivity contribution in [3.05, 3.63) is 64.0 Å². The van der Waals surface area contributed by atoms with Gasteiger partial charge < -0.3 is 5.11 Å². The summed E-state index contributed by atoms with van der Waals surface area (Å²) in [7, 11) is 0. The fourth-order valence-electron chi connectivity index (χ4n) is 1.92. The third-order valence-corrected chi connectivity index (χ3v) is 3.02. The fourth-order valence-corrected chi connectivity index (χ4v) is 1.92. The van der Waals surface area contributed by atoms with E-state index < -0.39 is 10.7 Å². The first-order valence-electron chi connectivity index (χ1n) is 6.57. The van der Waals surface area contributed by atoms with Gasteiger partial charge in [0.2, 0.25) is 0 Å². The molecule has 0 bridgehead atoms. The van der Waals surface area contributed by atoms with Crippen LogP contribution in [0, 0.1) is 15.9 Å². The highest BCUT2D eigenvalue weighted by Gasteiger charge is 2.13. The van der Waals surface area contributed by atoms with Crippen LogP contribution in [0.1, 0.15) is 18.9 Å². The van der Waals surface area contributed by atoms with Gasteiger partial charge in [0.15, 0.2) is 0 Å². The largest absolute Gasteiger partial charge is 0.507 e. The van der Waals surface area contributed by atoms with Gasteiger partial charge in [-0.25, -0.2) is 4.39 Å². The molecule has 2 N–H and O–H groups in total. The minimum atomic E-state index is -0.525. The van der Waals surface area contributed by atoms with Crippen LogP contribution in [0.5, 0.6) is 5.75 Å². The lowest BCUT2D eigenvalue weighted by atomic mass is 10.1. The van der Waals surface area contributed by atoms with Gasteiger partial charge in [-0.05, 0) is 30.7 Å². The highest BCUT2D eigenvalue weighted by Crippen LogP contribution is 2.24. The molecule has 114 valence electrons. The topological polar surface area (TPSA) is 87.8 Å². The van der Waals surface area contributed by atoms with E-state index in [0.717, 1.165) is 6.07 Å². The van der Waals surface area contributed by atoms with Gasteiger partial charge in [-0.2, -0.15) is 5.10 Å². The Morgan fingerprint density at radius 1 is 1.36 bits per heavy atom. The SMILES string of the molecule is CC/C(=N\Nc1ccccc1[N+](=O)[O-])c1cc(F)ccc1O. The first-order chi connectivity index (χ1) is 10.5. The van der Waals surface area contributed by atoms with Crippen molar-refractivity contribution in [2.24, 2.45) is 5.10 Å². The molecule has 0 saturated carbocycles. The zero-order chi connectivity index (χ0) is 16.1. The lowest BCUT2D eigenvalue weighted by Gasteiger charge is -2.08. The molecule has 0 aliphatic carbocycles. The average Bonchev–Trinajstić information content (AvgIpc) is 2.51. The van der Waals surface area contributed by atoms with E-state index >= 15 is 0 Å². The molecule has 0 atom stereocenters. The number of nitro groups is 1. The maximum atomic E-state index is 13.3. The maximum absolute atomic E-state index is 13.3. The highest BCUT2D eigenvalue weighted by atomic mass is 19.1. The lowest BCUT2D eigenvalue weighted by Crippen LogP contribution is -2.05. The second kappa shape index (κ2) is 6.66. The van der Waals surface area contributed by atoms with Crippen molar-refractivity contribution in [2.45, 2.75) is 13.3 Å². The molecule has 0 amide bonds. The van der Waals surface area contributed by atoms with Crippen molar-refractivity contribution < 1.29 is 14.4 Å². The second-order valence-corrected chi connectivity index (χ2v) is 4.46. The molecule has 7 heteroatoms. The van der Waals surface area contributed by atoms with Crippen molar-refractivity contribution in [3.8, 4) is 5.75 Å². The summed E-state index contributed by atoms with van der Waals surface area (Å²) in [6.45, 7) is 1.78. The summed E-state index contributed by atoms with van der Waals surface area (Å²) in [5.41, 5.74) is 3.33. The maximum Gasteiger partial charge on any atom is 0.294 e. The summed E-state index contributed by atoms with van der Waals surface area (Å²) < 4.78 is 13.3. The standard InChI is InChI=1S/C15H14FN3O3/c1-2-12(11-9-10(16)7-8-15(11)20)17-18-13-5-3-4-6-14(13)19(21)22/h3-9,18,20H,2H2,1H3/b17-12+. The van der Waals surface area contributed by atoms with Crippen LogP contribution in [0.25, 0.3) is 0 Å². The van der Waals surface area contributed by atoms with Crippen LogP contribution >= 0.6 is 0 Å². The number of aromatic hydroxyl groups is 1. The number of nitrogens with zero attached hydrogens (tertiary/aromatic N) is 2. The third kappa shape index (κ3) is 3.38. The van der Waals surface area contributed by atoms with Crippen LogP contribution in [-0.2, 0) is 0 Å². The summed E-state index contributed by atoms with van der Waals surface area (Å²) in [6, 6.07) is 9.59. The zero-order valence-electron chi connectivity index (χ0n) is 11.8. The number of nitro benzene ring substituents is 1. The van der Waals surface area contributed by atoms with E-state index in [2.05, 4.69) is 10.5 Å².